The molecule has 60 heavy (non-hydrogen) atoms. The van der Waals surface area contributed by atoms with Gasteiger partial charge in [0.1, 0.15) is 0 Å². The smallest absolute Gasteiger partial charge is 0.0462 e. The summed E-state index contributed by atoms with van der Waals surface area (Å²) < 4.78 is 0. The minimum absolute atomic E-state index is 0.000396. The maximum absolute atomic E-state index is 2.45. The Morgan fingerprint density at radius 3 is 1.32 bits per heavy atom. The van der Waals surface area contributed by atoms with Crippen LogP contribution in [0.15, 0.2) is 218 Å². The molecule has 0 heterocycles. The molecular weight excluding hydrogens is 725 g/mol. The van der Waals surface area contributed by atoms with Crippen LogP contribution < -0.4 is 9.80 Å². The number of benzene rings is 9. The summed E-state index contributed by atoms with van der Waals surface area (Å²) in [6.07, 6.45) is 9.02. The highest BCUT2D eigenvalue weighted by molar-refractivity contribution is 6.24. The molecule has 0 saturated heterocycles. The standard InChI is InChI=1S/C58H48N2/c1-58(2,3)43-32-37-52-54(42-30-35-49(36-31-42)60(46-22-12-6-13-23-46)47-24-14-7-15-25-47)39-56-51-27-17-16-26-50(51)53(40-57(56)55(52)38-43)41-28-33-48(34-29-41)59(44-18-8-4-9-19-44)45-20-10-5-11-21-45/h4,6-10,12-40H,5,11H2,1-3H3. The molecule has 2 nitrogen and oxygen atoms in total. The monoisotopic (exact) mass is 772 g/mol. The van der Waals surface area contributed by atoms with Crippen LogP contribution in [0.2, 0.25) is 0 Å². The van der Waals surface area contributed by atoms with Gasteiger partial charge in [-0.2, -0.15) is 0 Å². The molecule has 0 spiro atoms. The summed E-state index contributed by atoms with van der Waals surface area (Å²) in [5.41, 5.74) is 13.1. The van der Waals surface area contributed by atoms with Crippen molar-refractivity contribution < 1.29 is 0 Å². The van der Waals surface area contributed by atoms with Crippen molar-refractivity contribution in [1.82, 2.24) is 0 Å². The van der Waals surface area contributed by atoms with Crippen LogP contribution in [-0.2, 0) is 5.41 Å². The van der Waals surface area contributed by atoms with Crippen LogP contribution in [0.4, 0.5) is 28.4 Å². The van der Waals surface area contributed by atoms with Crippen molar-refractivity contribution in [2.75, 3.05) is 9.80 Å². The number of para-hydroxylation sites is 3. The van der Waals surface area contributed by atoms with E-state index in [-0.39, 0.29) is 5.41 Å². The first kappa shape index (κ1) is 37.1. The SMILES string of the molecule is CC(C)(C)c1ccc2c(-c3ccc(N(c4ccccc4)c4ccccc4)cc3)cc3c4ccccc4c(-c4ccc(N(C5=CCCC=C5)c5ccccc5)cc4)cc3c2c1. The van der Waals surface area contributed by atoms with Crippen LogP contribution in [0.25, 0.3) is 54.6 Å². The minimum Gasteiger partial charge on any atom is -0.311 e. The van der Waals surface area contributed by atoms with Crippen LogP contribution in [0.3, 0.4) is 0 Å². The van der Waals surface area contributed by atoms with Gasteiger partial charge in [-0.05, 0) is 163 Å². The number of hydrogen-bond donors (Lipinski definition) is 0. The summed E-state index contributed by atoms with van der Waals surface area (Å²) >= 11 is 0. The molecule has 0 fully saturated rings. The highest BCUT2D eigenvalue weighted by atomic mass is 15.1. The van der Waals surface area contributed by atoms with Gasteiger partial charge >= 0.3 is 0 Å². The normalized spacial score (nSPS) is 12.8. The van der Waals surface area contributed by atoms with E-state index in [0.717, 1.165) is 41.3 Å². The molecule has 9 aromatic carbocycles. The number of anilines is 5. The third-order valence-electron chi connectivity index (χ3n) is 12.0. The Morgan fingerprint density at radius 2 is 0.800 bits per heavy atom. The predicted octanol–water partition coefficient (Wildman–Crippen LogP) is 16.6. The fraction of sp³-hybridized carbons (Fsp3) is 0.103. The molecule has 10 rings (SSSR count). The highest BCUT2D eigenvalue weighted by Gasteiger charge is 2.20. The summed E-state index contributed by atoms with van der Waals surface area (Å²) in [7, 11) is 0. The second kappa shape index (κ2) is 15.5. The van der Waals surface area contributed by atoms with Gasteiger partial charge in [0.25, 0.3) is 0 Å². The molecule has 0 saturated carbocycles. The molecule has 0 atom stereocenters. The van der Waals surface area contributed by atoms with Crippen molar-refractivity contribution in [2.45, 2.75) is 39.0 Å². The number of nitrogens with zero attached hydrogens (tertiary/aromatic N) is 2. The van der Waals surface area contributed by atoms with Crippen LogP contribution in [0.5, 0.6) is 0 Å². The molecule has 0 radical (unpaired) electrons. The first-order chi connectivity index (χ1) is 29.4. The van der Waals surface area contributed by atoms with Crippen molar-refractivity contribution in [3.8, 4) is 22.3 Å². The van der Waals surface area contributed by atoms with E-state index >= 15 is 0 Å². The lowest BCUT2D eigenvalue weighted by Gasteiger charge is -2.28. The van der Waals surface area contributed by atoms with Gasteiger partial charge in [-0.1, -0.05) is 148 Å². The van der Waals surface area contributed by atoms with Crippen LogP contribution in [0.1, 0.15) is 39.2 Å². The maximum Gasteiger partial charge on any atom is 0.0462 e. The zero-order chi connectivity index (χ0) is 40.6. The molecule has 9 aromatic rings. The molecule has 0 aromatic heterocycles. The number of fused-ring (bicyclic) bond motifs is 5. The highest BCUT2D eigenvalue weighted by Crippen LogP contribution is 2.44. The van der Waals surface area contributed by atoms with Gasteiger partial charge in [-0.3, -0.25) is 0 Å². The van der Waals surface area contributed by atoms with Crippen LogP contribution in [0, 0.1) is 0 Å². The molecule has 2 heteroatoms. The van der Waals surface area contributed by atoms with Gasteiger partial charge in [0.05, 0.1) is 0 Å². The fourth-order valence-corrected chi connectivity index (χ4v) is 8.92. The van der Waals surface area contributed by atoms with E-state index in [9.17, 15) is 0 Å². The van der Waals surface area contributed by atoms with Gasteiger partial charge in [-0.15, -0.1) is 0 Å². The lowest BCUT2D eigenvalue weighted by Crippen LogP contribution is -2.16. The van der Waals surface area contributed by atoms with E-state index in [2.05, 4.69) is 243 Å². The Hall–Kier alpha value is -7.16. The second-order valence-corrected chi connectivity index (χ2v) is 16.9. The van der Waals surface area contributed by atoms with Crippen LogP contribution >= 0.6 is 0 Å². The minimum atomic E-state index is -0.000396. The fourth-order valence-electron chi connectivity index (χ4n) is 8.92. The summed E-state index contributed by atoms with van der Waals surface area (Å²) in [6, 6.07) is 71.2. The average Bonchev–Trinajstić information content (AvgIpc) is 3.30. The zero-order valence-corrected chi connectivity index (χ0v) is 34.5. The maximum atomic E-state index is 2.45. The molecule has 0 bridgehead atoms. The molecule has 0 N–H and O–H groups in total. The third-order valence-corrected chi connectivity index (χ3v) is 12.0. The lowest BCUT2D eigenvalue weighted by molar-refractivity contribution is 0.591. The van der Waals surface area contributed by atoms with Crippen molar-refractivity contribution in [3.63, 3.8) is 0 Å². The molecule has 0 amide bonds. The molecule has 1 aliphatic rings. The van der Waals surface area contributed by atoms with Gasteiger partial charge in [0.15, 0.2) is 0 Å². The summed E-state index contributed by atoms with van der Waals surface area (Å²) in [4.78, 5) is 4.69. The Morgan fingerprint density at radius 1 is 0.367 bits per heavy atom. The summed E-state index contributed by atoms with van der Waals surface area (Å²) in [5.74, 6) is 0. The first-order valence-electron chi connectivity index (χ1n) is 21.2. The molecule has 1 aliphatic carbocycles. The summed E-state index contributed by atoms with van der Waals surface area (Å²) in [6.45, 7) is 6.93. The number of allylic oxidation sites excluding steroid dienone is 3. The van der Waals surface area contributed by atoms with E-state index < -0.39 is 0 Å². The largest absolute Gasteiger partial charge is 0.311 e. The Labute approximate surface area is 354 Å². The van der Waals surface area contributed by atoms with E-state index in [4.69, 9.17) is 0 Å². The van der Waals surface area contributed by atoms with Gasteiger partial charge in [-0.25, -0.2) is 0 Å². The van der Waals surface area contributed by atoms with Crippen molar-refractivity contribution in [1.29, 1.82) is 0 Å². The first-order valence-corrected chi connectivity index (χ1v) is 21.2. The summed E-state index contributed by atoms with van der Waals surface area (Å²) in [5, 5.41) is 7.60. The van der Waals surface area contributed by atoms with Crippen molar-refractivity contribution in [3.05, 3.63) is 224 Å². The second-order valence-electron chi connectivity index (χ2n) is 16.9. The Bertz CT molecular complexity index is 2990. The number of rotatable bonds is 8. The van der Waals surface area contributed by atoms with Crippen molar-refractivity contribution in [2.24, 2.45) is 0 Å². The topological polar surface area (TPSA) is 6.48 Å². The quantitative estimate of drug-likeness (QED) is 0.142. The van der Waals surface area contributed by atoms with E-state index in [1.165, 1.54) is 65.8 Å². The number of hydrogen-bond acceptors (Lipinski definition) is 2. The van der Waals surface area contributed by atoms with Gasteiger partial charge in [0.2, 0.25) is 0 Å². The Balaban J connectivity index is 1.13. The van der Waals surface area contributed by atoms with Gasteiger partial charge < -0.3 is 9.80 Å². The average molecular weight is 773 g/mol. The van der Waals surface area contributed by atoms with Gasteiger partial charge in [0, 0.05) is 34.1 Å². The van der Waals surface area contributed by atoms with E-state index in [1.54, 1.807) is 0 Å². The predicted molar refractivity (Wildman–Crippen MR) is 258 cm³/mol. The van der Waals surface area contributed by atoms with Crippen LogP contribution in [-0.4, -0.2) is 0 Å². The van der Waals surface area contributed by atoms with E-state index in [1.807, 2.05) is 0 Å². The Kier molecular flexibility index (Phi) is 9.62. The molecule has 290 valence electrons. The van der Waals surface area contributed by atoms with E-state index in [0.29, 0.717) is 0 Å². The lowest BCUT2D eigenvalue weighted by atomic mass is 9.82. The zero-order valence-electron chi connectivity index (χ0n) is 34.5. The van der Waals surface area contributed by atoms with Crippen molar-refractivity contribution >= 4 is 60.8 Å². The molecule has 0 unspecified atom stereocenters. The molecule has 0 aliphatic heterocycles. The molecular formula is C58H48N2. The third kappa shape index (κ3) is 6.95.